The van der Waals surface area contributed by atoms with Crippen LogP contribution in [0.5, 0.6) is 0 Å². The molecule has 0 saturated carbocycles. The minimum atomic E-state index is 0. The first-order valence-electron chi connectivity index (χ1n) is 9.80. The van der Waals surface area contributed by atoms with Gasteiger partial charge in [0.2, 0.25) is 0 Å². The number of aliphatic imine (C=N–C) groups is 1. The number of benzene rings is 1. The molecular formula is C22H29IN4S. The SMILES string of the molecule is CN=C(NCC(c1ccccc1)N1CCc2sccc2C1)NC1CC=CC1.I. The molecule has 4 nitrogen and oxygen atoms in total. The lowest BCUT2D eigenvalue weighted by atomic mass is 10.0. The average Bonchev–Trinajstić information content (AvgIpc) is 3.39. The van der Waals surface area contributed by atoms with Crippen LogP contribution in [0, 0.1) is 0 Å². The van der Waals surface area contributed by atoms with Crippen LogP contribution in [0.3, 0.4) is 0 Å². The largest absolute Gasteiger partial charge is 0.354 e. The van der Waals surface area contributed by atoms with Gasteiger partial charge in [-0.25, -0.2) is 0 Å². The third-order valence-corrected chi connectivity index (χ3v) is 6.52. The Balaban J connectivity index is 0.00000225. The predicted molar refractivity (Wildman–Crippen MR) is 130 cm³/mol. The molecule has 1 aliphatic carbocycles. The molecule has 0 saturated heterocycles. The Morgan fingerprint density at radius 2 is 2.00 bits per heavy atom. The Bertz CT molecular complexity index is 794. The monoisotopic (exact) mass is 508 g/mol. The Kier molecular flexibility index (Phi) is 7.93. The van der Waals surface area contributed by atoms with Gasteiger partial charge in [-0.3, -0.25) is 9.89 Å². The molecule has 1 aliphatic heterocycles. The smallest absolute Gasteiger partial charge is 0.191 e. The molecule has 2 aromatic rings. The van der Waals surface area contributed by atoms with Gasteiger partial charge in [-0.05, 0) is 41.8 Å². The Labute approximate surface area is 189 Å². The summed E-state index contributed by atoms with van der Waals surface area (Å²) < 4.78 is 0. The molecule has 1 unspecified atom stereocenters. The highest BCUT2D eigenvalue weighted by molar-refractivity contribution is 14.0. The molecule has 0 radical (unpaired) electrons. The summed E-state index contributed by atoms with van der Waals surface area (Å²) in [6.45, 7) is 2.98. The third kappa shape index (κ3) is 5.15. The summed E-state index contributed by atoms with van der Waals surface area (Å²) in [5.74, 6) is 0.901. The van der Waals surface area contributed by atoms with Crippen molar-refractivity contribution >= 4 is 41.3 Å². The number of guanidine groups is 1. The highest BCUT2D eigenvalue weighted by Crippen LogP contribution is 2.30. The van der Waals surface area contributed by atoms with E-state index in [1.165, 1.54) is 11.1 Å². The lowest BCUT2D eigenvalue weighted by Crippen LogP contribution is -2.46. The van der Waals surface area contributed by atoms with Crippen LogP contribution in [-0.4, -0.2) is 37.0 Å². The zero-order valence-corrected chi connectivity index (χ0v) is 19.5. The van der Waals surface area contributed by atoms with Crippen molar-refractivity contribution in [3.8, 4) is 0 Å². The van der Waals surface area contributed by atoms with Crippen LogP contribution in [0.25, 0.3) is 0 Å². The lowest BCUT2D eigenvalue weighted by Gasteiger charge is -2.35. The molecule has 0 bridgehead atoms. The van der Waals surface area contributed by atoms with E-state index in [1.54, 1.807) is 4.88 Å². The summed E-state index contributed by atoms with van der Waals surface area (Å²) in [6, 6.07) is 13.9. The first-order chi connectivity index (χ1) is 13.3. The van der Waals surface area contributed by atoms with Gasteiger partial charge in [-0.15, -0.1) is 35.3 Å². The van der Waals surface area contributed by atoms with Crippen LogP contribution >= 0.6 is 35.3 Å². The zero-order chi connectivity index (χ0) is 18.5. The minimum Gasteiger partial charge on any atom is -0.354 e. The summed E-state index contributed by atoms with van der Waals surface area (Å²) in [6.07, 6.45) is 7.79. The van der Waals surface area contributed by atoms with Crippen LogP contribution in [-0.2, 0) is 13.0 Å². The van der Waals surface area contributed by atoms with E-state index in [2.05, 4.69) is 74.5 Å². The molecule has 1 atom stereocenters. The molecule has 1 aromatic heterocycles. The molecule has 1 aromatic carbocycles. The molecule has 2 aliphatic rings. The molecule has 0 amide bonds. The number of thiophene rings is 1. The van der Waals surface area contributed by atoms with Crippen LogP contribution in [0.4, 0.5) is 0 Å². The van der Waals surface area contributed by atoms with Gasteiger partial charge in [0.05, 0.1) is 6.04 Å². The molecular weight excluding hydrogens is 479 g/mol. The van der Waals surface area contributed by atoms with E-state index in [0.29, 0.717) is 12.1 Å². The van der Waals surface area contributed by atoms with E-state index in [1.807, 2.05) is 18.4 Å². The van der Waals surface area contributed by atoms with Gasteiger partial charge in [0.1, 0.15) is 0 Å². The highest BCUT2D eigenvalue weighted by Gasteiger charge is 2.25. The number of fused-ring (bicyclic) bond motifs is 1. The van der Waals surface area contributed by atoms with Crippen molar-refractivity contribution in [2.24, 2.45) is 4.99 Å². The van der Waals surface area contributed by atoms with E-state index in [4.69, 9.17) is 0 Å². The number of rotatable bonds is 5. The fraction of sp³-hybridized carbons (Fsp3) is 0.409. The lowest BCUT2D eigenvalue weighted by molar-refractivity contribution is 0.181. The number of nitrogens with one attached hydrogen (secondary N) is 2. The van der Waals surface area contributed by atoms with Crippen LogP contribution in [0.1, 0.15) is 34.9 Å². The minimum absolute atomic E-state index is 0. The molecule has 2 heterocycles. The molecule has 28 heavy (non-hydrogen) atoms. The number of hydrogen-bond donors (Lipinski definition) is 2. The van der Waals surface area contributed by atoms with Gasteiger partial charge in [0.25, 0.3) is 0 Å². The van der Waals surface area contributed by atoms with Crippen molar-refractivity contribution < 1.29 is 0 Å². The fourth-order valence-electron chi connectivity index (χ4n) is 3.99. The Hall–Kier alpha value is -1.38. The molecule has 0 spiro atoms. The summed E-state index contributed by atoms with van der Waals surface area (Å²) in [5.41, 5.74) is 2.85. The third-order valence-electron chi connectivity index (χ3n) is 5.50. The number of halogens is 1. The fourth-order valence-corrected chi connectivity index (χ4v) is 4.88. The standard InChI is InChI=1S/C22H28N4S.HI/c1-23-22(25-19-9-5-6-10-19)24-15-20(17-7-3-2-4-8-17)26-13-11-21-18(16-26)12-14-27-21;/h2-8,12,14,19-20H,9-11,13,15-16H2,1H3,(H2,23,24,25);1H. The molecule has 2 N–H and O–H groups in total. The van der Waals surface area contributed by atoms with E-state index >= 15 is 0 Å². The predicted octanol–water partition coefficient (Wildman–Crippen LogP) is 4.35. The summed E-state index contributed by atoms with van der Waals surface area (Å²) in [5, 5.41) is 9.36. The maximum Gasteiger partial charge on any atom is 0.191 e. The molecule has 150 valence electrons. The van der Waals surface area contributed by atoms with Crippen molar-refractivity contribution in [2.45, 2.75) is 37.9 Å². The van der Waals surface area contributed by atoms with Crippen molar-refractivity contribution in [3.05, 3.63) is 69.9 Å². The van der Waals surface area contributed by atoms with Gasteiger partial charge in [-0.2, -0.15) is 0 Å². The average molecular weight is 508 g/mol. The van der Waals surface area contributed by atoms with Crippen molar-refractivity contribution in [1.29, 1.82) is 0 Å². The quantitative estimate of drug-likeness (QED) is 0.273. The second kappa shape index (κ2) is 10.4. The van der Waals surface area contributed by atoms with E-state index in [0.717, 1.165) is 44.9 Å². The summed E-state index contributed by atoms with van der Waals surface area (Å²) in [4.78, 5) is 8.59. The van der Waals surface area contributed by atoms with Gasteiger partial charge >= 0.3 is 0 Å². The normalized spacial score (nSPS) is 18.4. The van der Waals surface area contributed by atoms with Crippen LogP contribution < -0.4 is 10.6 Å². The summed E-state index contributed by atoms with van der Waals surface area (Å²) >= 11 is 1.90. The van der Waals surface area contributed by atoms with Crippen LogP contribution in [0.2, 0.25) is 0 Å². The van der Waals surface area contributed by atoms with Crippen molar-refractivity contribution in [1.82, 2.24) is 15.5 Å². The van der Waals surface area contributed by atoms with E-state index in [9.17, 15) is 0 Å². The van der Waals surface area contributed by atoms with Gasteiger partial charge in [0, 0.05) is 37.6 Å². The van der Waals surface area contributed by atoms with E-state index < -0.39 is 0 Å². The van der Waals surface area contributed by atoms with Gasteiger partial charge < -0.3 is 10.6 Å². The Morgan fingerprint density at radius 3 is 2.75 bits per heavy atom. The number of nitrogens with zero attached hydrogens (tertiary/aromatic N) is 2. The maximum absolute atomic E-state index is 4.44. The maximum atomic E-state index is 4.44. The topological polar surface area (TPSA) is 39.7 Å². The highest BCUT2D eigenvalue weighted by atomic mass is 127. The molecule has 0 fully saturated rings. The second-order valence-corrected chi connectivity index (χ2v) is 8.25. The molecule has 4 rings (SSSR count). The first-order valence-corrected chi connectivity index (χ1v) is 10.7. The summed E-state index contributed by atoms with van der Waals surface area (Å²) in [7, 11) is 1.85. The van der Waals surface area contributed by atoms with Crippen molar-refractivity contribution in [2.75, 3.05) is 20.1 Å². The molecule has 6 heteroatoms. The number of hydrogen-bond acceptors (Lipinski definition) is 3. The van der Waals surface area contributed by atoms with Crippen molar-refractivity contribution in [3.63, 3.8) is 0 Å². The zero-order valence-electron chi connectivity index (χ0n) is 16.3. The Morgan fingerprint density at radius 1 is 1.21 bits per heavy atom. The van der Waals surface area contributed by atoms with Gasteiger partial charge in [-0.1, -0.05) is 42.5 Å². The van der Waals surface area contributed by atoms with E-state index in [-0.39, 0.29) is 24.0 Å². The first kappa shape index (κ1) is 21.3. The second-order valence-electron chi connectivity index (χ2n) is 7.25. The van der Waals surface area contributed by atoms with Gasteiger partial charge in [0.15, 0.2) is 5.96 Å². The van der Waals surface area contributed by atoms with Crippen LogP contribution in [0.15, 0.2) is 58.9 Å².